The third-order valence-corrected chi connectivity index (χ3v) is 2.55. The van der Waals surface area contributed by atoms with Crippen LogP contribution in [0.25, 0.3) is 0 Å². The predicted molar refractivity (Wildman–Crippen MR) is 54.1 cm³/mol. The topological polar surface area (TPSA) is 43.1 Å². The Morgan fingerprint density at radius 3 is 2.38 bits per heavy atom. The summed E-state index contributed by atoms with van der Waals surface area (Å²) in [4.78, 5) is 10.9. The third kappa shape index (κ3) is 2.66. The summed E-state index contributed by atoms with van der Waals surface area (Å²) in [7, 11) is 0. The van der Waals surface area contributed by atoms with Crippen LogP contribution in [0.3, 0.4) is 0 Å². The van der Waals surface area contributed by atoms with E-state index in [-0.39, 0.29) is 5.02 Å². The van der Waals surface area contributed by atoms with Crippen LogP contribution >= 0.6 is 11.6 Å². The summed E-state index contributed by atoms with van der Waals surface area (Å²) >= 11 is 5.67. The molecule has 0 aromatic heterocycles. The molecule has 0 heterocycles. The minimum atomic E-state index is -4.45. The number of halogens is 4. The Labute approximate surface area is 95.2 Å². The van der Waals surface area contributed by atoms with Crippen molar-refractivity contribution in [2.45, 2.75) is 19.0 Å². The SMILES string of the molecule is CC(C(N)=O)c1ccc(C(F)(F)F)cc1Cl. The van der Waals surface area contributed by atoms with E-state index in [4.69, 9.17) is 17.3 Å². The summed E-state index contributed by atoms with van der Waals surface area (Å²) in [5.41, 5.74) is 4.49. The number of carbonyl (C=O) groups excluding carboxylic acids is 1. The zero-order valence-electron chi connectivity index (χ0n) is 8.31. The van der Waals surface area contributed by atoms with Gasteiger partial charge in [0.2, 0.25) is 5.91 Å². The Balaban J connectivity index is 3.15. The summed E-state index contributed by atoms with van der Waals surface area (Å²) in [5.74, 6) is -1.35. The number of hydrogen-bond acceptors (Lipinski definition) is 1. The monoisotopic (exact) mass is 251 g/mol. The molecule has 0 radical (unpaired) electrons. The molecule has 1 aromatic rings. The van der Waals surface area contributed by atoms with Gasteiger partial charge in [-0.1, -0.05) is 17.7 Å². The lowest BCUT2D eigenvalue weighted by atomic mass is 9.99. The number of nitrogens with two attached hydrogens (primary N) is 1. The number of primary amides is 1. The maximum Gasteiger partial charge on any atom is 0.416 e. The van der Waals surface area contributed by atoms with Gasteiger partial charge in [0.25, 0.3) is 0 Å². The second-order valence-electron chi connectivity index (χ2n) is 3.36. The molecule has 2 N–H and O–H groups in total. The molecular formula is C10H9ClF3NO. The van der Waals surface area contributed by atoms with E-state index in [0.717, 1.165) is 12.1 Å². The molecule has 0 saturated carbocycles. The van der Waals surface area contributed by atoms with Crippen LogP contribution in [0.1, 0.15) is 24.0 Å². The standard InChI is InChI=1S/C10H9ClF3NO/c1-5(9(15)16)7-3-2-6(4-8(7)11)10(12,13)14/h2-5H,1H3,(H2,15,16). The van der Waals surface area contributed by atoms with E-state index in [1.807, 2.05) is 0 Å². The van der Waals surface area contributed by atoms with Crippen molar-refractivity contribution >= 4 is 17.5 Å². The van der Waals surface area contributed by atoms with Crippen molar-refractivity contribution in [3.05, 3.63) is 34.3 Å². The molecule has 6 heteroatoms. The van der Waals surface area contributed by atoms with Crippen molar-refractivity contribution in [1.29, 1.82) is 0 Å². The third-order valence-electron chi connectivity index (χ3n) is 2.22. The van der Waals surface area contributed by atoms with Crippen LogP contribution in [-0.4, -0.2) is 5.91 Å². The molecule has 1 amide bonds. The first-order chi connectivity index (χ1) is 7.23. The van der Waals surface area contributed by atoms with E-state index in [1.165, 1.54) is 13.0 Å². The molecule has 0 aliphatic rings. The van der Waals surface area contributed by atoms with E-state index in [2.05, 4.69) is 0 Å². The molecule has 0 aliphatic carbocycles. The van der Waals surface area contributed by atoms with Crippen molar-refractivity contribution in [2.75, 3.05) is 0 Å². The first-order valence-electron chi connectivity index (χ1n) is 4.39. The fourth-order valence-electron chi connectivity index (χ4n) is 1.21. The van der Waals surface area contributed by atoms with Gasteiger partial charge >= 0.3 is 6.18 Å². The molecule has 0 saturated heterocycles. The fraction of sp³-hybridized carbons (Fsp3) is 0.300. The van der Waals surface area contributed by atoms with E-state index in [1.54, 1.807) is 0 Å². The first-order valence-corrected chi connectivity index (χ1v) is 4.77. The zero-order chi connectivity index (χ0) is 12.5. The Bertz CT molecular complexity index is 417. The van der Waals surface area contributed by atoms with E-state index in [9.17, 15) is 18.0 Å². The van der Waals surface area contributed by atoms with Crippen LogP contribution in [0.2, 0.25) is 5.02 Å². The van der Waals surface area contributed by atoms with Crippen molar-refractivity contribution in [3.8, 4) is 0 Å². The van der Waals surface area contributed by atoms with Gasteiger partial charge in [0.15, 0.2) is 0 Å². The Hall–Kier alpha value is -1.23. The second-order valence-corrected chi connectivity index (χ2v) is 3.77. The van der Waals surface area contributed by atoms with Gasteiger partial charge in [0.1, 0.15) is 0 Å². The van der Waals surface area contributed by atoms with Gasteiger partial charge in [-0.3, -0.25) is 4.79 Å². The van der Waals surface area contributed by atoms with Crippen molar-refractivity contribution in [1.82, 2.24) is 0 Å². The van der Waals surface area contributed by atoms with E-state index < -0.39 is 23.6 Å². The highest BCUT2D eigenvalue weighted by Crippen LogP contribution is 2.33. The molecule has 88 valence electrons. The summed E-state index contributed by atoms with van der Waals surface area (Å²) in [6.07, 6.45) is -4.45. The molecule has 0 aliphatic heterocycles. The van der Waals surface area contributed by atoms with Crippen LogP contribution in [-0.2, 0) is 11.0 Å². The molecule has 16 heavy (non-hydrogen) atoms. The molecule has 1 atom stereocenters. The lowest BCUT2D eigenvalue weighted by Gasteiger charge is -2.12. The smallest absolute Gasteiger partial charge is 0.369 e. The van der Waals surface area contributed by atoms with Crippen LogP contribution in [0.15, 0.2) is 18.2 Å². The molecule has 2 nitrogen and oxygen atoms in total. The van der Waals surface area contributed by atoms with E-state index in [0.29, 0.717) is 5.56 Å². The molecule has 0 bridgehead atoms. The summed E-state index contributed by atoms with van der Waals surface area (Å²) < 4.78 is 36.9. The lowest BCUT2D eigenvalue weighted by Crippen LogP contribution is -2.19. The Morgan fingerprint density at radius 1 is 1.44 bits per heavy atom. The zero-order valence-corrected chi connectivity index (χ0v) is 9.06. The average molecular weight is 252 g/mol. The summed E-state index contributed by atoms with van der Waals surface area (Å²) in [5, 5.41) is -0.110. The highest BCUT2D eigenvalue weighted by Gasteiger charge is 2.31. The molecule has 0 fully saturated rings. The maximum atomic E-state index is 12.3. The Morgan fingerprint density at radius 2 is 2.00 bits per heavy atom. The lowest BCUT2D eigenvalue weighted by molar-refractivity contribution is -0.137. The number of hydrogen-bond donors (Lipinski definition) is 1. The minimum absolute atomic E-state index is 0.110. The summed E-state index contributed by atoms with van der Waals surface area (Å²) in [6.45, 7) is 1.48. The first kappa shape index (κ1) is 12.8. The molecular weight excluding hydrogens is 243 g/mol. The molecule has 0 spiro atoms. The van der Waals surface area contributed by atoms with Gasteiger partial charge in [-0.05, 0) is 24.6 Å². The molecule has 1 aromatic carbocycles. The number of benzene rings is 1. The maximum absolute atomic E-state index is 12.3. The molecule has 1 rings (SSSR count). The van der Waals surface area contributed by atoms with Crippen molar-refractivity contribution in [3.63, 3.8) is 0 Å². The van der Waals surface area contributed by atoms with Crippen molar-refractivity contribution < 1.29 is 18.0 Å². The quantitative estimate of drug-likeness (QED) is 0.863. The van der Waals surface area contributed by atoms with Gasteiger partial charge in [0.05, 0.1) is 11.5 Å². The fourth-order valence-corrected chi connectivity index (χ4v) is 1.55. The largest absolute Gasteiger partial charge is 0.416 e. The second kappa shape index (κ2) is 4.33. The Kier molecular flexibility index (Phi) is 3.48. The number of carbonyl (C=O) groups is 1. The van der Waals surface area contributed by atoms with Crippen molar-refractivity contribution in [2.24, 2.45) is 5.73 Å². The normalized spacial score (nSPS) is 13.6. The van der Waals surface area contributed by atoms with Gasteiger partial charge in [-0.25, -0.2) is 0 Å². The van der Waals surface area contributed by atoms with Crippen LogP contribution in [0.5, 0.6) is 0 Å². The van der Waals surface area contributed by atoms with Crippen LogP contribution in [0.4, 0.5) is 13.2 Å². The summed E-state index contributed by atoms with van der Waals surface area (Å²) in [6, 6.07) is 2.83. The van der Waals surface area contributed by atoms with Gasteiger partial charge in [0, 0.05) is 5.02 Å². The highest BCUT2D eigenvalue weighted by molar-refractivity contribution is 6.31. The number of amides is 1. The average Bonchev–Trinajstić information content (AvgIpc) is 2.15. The van der Waals surface area contributed by atoms with Gasteiger partial charge < -0.3 is 5.73 Å². The predicted octanol–water partition coefficient (Wildman–Crippen LogP) is 2.95. The van der Waals surface area contributed by atoms with Crippen LogP contribution < -0.4 is 5.73 Å². The molecule has 1 unspecified atom stereocenters. The van der Waals surface area contributed by atoms with E-state index >= 15 is 0 Å². The van der Waals surface area contributed by atoms with Gasteiger partial charge in [-0.2, -0.15) is 13.2 Å². The van der Waals surface area contributed by atoms with Gasteiger partial charge in [-0.15, -0.1) is 0 Å². The highest BCUT2D eigenvalue weighted by atomic mass is 35.5. The number of alkyl halides is 3. The minimum Gasteiger partial charge on any atom is -0.369 e. The number of rotatable bonds is 2. The van der Waals surface area contributed by atoms with Crippen LogP contribution in [0, 0.1) is 0 Å².